The summed E-state index contributed by atoms with van der Waals surface area (Å²) >= 11 is 0. The van der Waals surface area contributed by atoms with E-state index in [2.05, 4.69) is 24.5 Å². The molecule has 0 aliphatic heterocycles. The van der Waals surface area contributed by atoms with Gasteiger partial charge < -0.3 is 9.47 Å². The van der Waals surface area contributed by atoms with Crippen LogP contribution in [0.15, 0.2) is 103 Å². The largest absolute Gasteiger partial charge is 0.456 e. The number of Topliss-reactive ketones (excluding diaryl/α,β-unsaturated/α-hetero) is 1. The molecule has 3 aromatic carbocycles. The van der Waals surface area contributed by atoms with Gasteiger partial charge >= 0.3 is 17.8 Å². The average Bonchev–Trinajstić information content (AvgIpc) is 3.15. The van der Waals surface area contributed by atoms with Crippen molar-refractivity contribution in [3.8, 4) is 23.0 Å². The number of rotatable bonds is 10. The number of amides is 1. The minimum absolute atomic E-state index is 0.121. The highest BCUT2D eigenvalue weighted by Gasteiger charge is 2.45. The molecule has 2 aromatic heterocycles. The minimum Gasteiger partial charge on any atom is -0.456 e. The van der Waals surface area contributed by atoms with Gasteiger partial charge in [-0.3, -0.25) is 24.4 Å². The summed E-state index contributed by atoms with van der Waals surface area (Å²) in [5.74, 6) is -12.5. The van der Waals surface area contributed by atoms with Crippen LogP contribution in [0.25, 0.3) is 9.69 Å². The number of ketones is 1. The molecule has 5 rings (SSSR count). The molecule has 5 aromatic rings. The van der Waals surface area contributed by atoms with Crippen LogP contribution in [0.4, 0.5) is 37.7 Å². The van der Waals surface area contributed by atoms with Crippen molar-refractivity contribution in [1.29, 1.82) is 0 Å². The summed E-state index contributed by atoms with van der Waals surface area (Å²) in [5.41, 5.74) is -1.69. The maximum absolute atomic E-state index is 14.4. The van der Waals surface area contributed by atoms with Crippen LogP contribution in [0.2, 0.25) is 0 Å². The number of hydrogen-bond donors (Lipinski definition) is 0. The van der Waals surface area contributed by atoms with Crippen LogP contribution in [0.1, 0.15) is 21.7 Å². The number of pyridine rings is 2. The number of hydrogen-bond acceptors (Lipinski definition) is 7. The van der Waals surface area contributed by atoms with Crippen molar-refractivity contribution in [2.75, 3.05) is 14.2 Å². The second-order valence-electron chi connectivity index (χ2n) is 10.3. The van der Waals surface area contributed by atoms with Gasteiger partial charge in [-0.2, -0.15) is 17.6 Å². The number of aromatic nitrogens is 2. The zero-order chi connectivity index (χ0) is 38.1. The number of alkyl halides is 4. The third-order valence-corrected chi connectivity index (χ3v) is 6.81. The summed E-state index contributed by atoms with van der Waals surface area (Å²) in [4.78, 5) is 41.7. The Kier molecular flexibility index (Phi) is 11.9. The highest BCUT2D eigenvalue weighted by molar-refractivity contribution is 6.01. The molecule has 1 amide bonds. The first kappa shape index (κ1) is 38.0. The van der Waals surface area contributed by atoms with Crippen LogP contribution in [0, 0.1) is 24.8 Å². The minimum atomic E-state index is -4.12. The third kappa shape index (κ3) is 9.06. The van der Waals surface area contributed by atoms with Crippen LogP contribution in [-0.2, 0) is 21.5 Å². The van der Waals surface area contributed by atoms with Gasteiger partial charge in [-0.05, 0) is 60.7 Å². The lowest BCUT2D eigenvalue weighted by Gasteiger charge is -2.20. The van der Waals surface area contributed by atoms with Crippen molar-refractivity contribution in [2.24, 2.45) is 0 Å². The molecule has 0 radical (unpaired) electrons. The lowest BCUT2D eigenvalue weighted by molar-refractivity contribution is -0.196. The SMILES string of the molecule is [C-]#[N+]c1ccc(Oc2ccc(C(F)(F)C(=O)N(C)OC)nc2)cc1.[C-]#[N+]c1ccc(Oc2ccc(C(F)(F)C(=O)c3ccc(F)cc3F)nc2)cc1. The first-order chi connectivity index (χ1) is 24.7. The third-order valence-electron chi connectivity index (χ3n) is 6.81. The standard InChI is InChI=1S/C20H10F4N2O2.C16H13F2N3O3/c1-25-13-3-5-14(6-4-13)28-15-7-9-18(26-11-15)20(23,24)19(27)16-8-2-12(21)10-17(16)22;1-19-11-4-6-12(7-5-11)24-13-8-9-14(20-10-13)16(17,18)15(22)21(2)23-3/h2-11H;4-10H,2-3H3. The first-order valence-corrected chi connectivity index (χ1v) is 14.5. The van der Waals surface area contributed by atoms with E-state index in [0.29, 0.717) is 40.1 Å². The van der Waals surface area contributed by atoms with Crippen molar-refractivity contribution < 1.29 is 50.2 Å². The second kappa shape index (κ2) is 16.3. The van der Waals surface area contributed by atoms with Crippen LogP contribution >= 0.6 is 0 Å². The summed E-state index contributed by atoms with van der Waals surface area (Å²) in [6, 6.07) is 18.4. The van der Waals surface area contributed by atoms with E-state index in [0.717, 1.165) is 44.8 Å². The molecular formula is C36H23F6N5O5. The van der Waals surface area contributed by atoms with E-state index in [1.807, 2.05) is 0 Å². The highest BCUT2D eigenvalue weighted by Crippen LogP contribution is 2.34. The summed E-state index contributed by atoms with van der Waals surface area (Å²) in [6.07, 6.45) is 2.08. The second-order valence-corrected chi connectivity index (χ2v) is 10.3. The molecule has 0 bridgehead atoms. The number of likely N-dealkylation sites (N-methyl/N-ethyl adjacent to an activating group) is 1. The normalized spacial score (nSPS) is 10.9. The molecule has 10 nitrogen and oxygen atoms in total. The Balaban J connectivity index is 0.000000236. The molecule has 264 valence electrons. The lowest BCUT2D eigenvalue weighted by Crippen LogP contribution is -2.39. The van der Waals surface area contributed by atoms with Gasteiger partial charge in [-0.25, -0.2) is 23.5 Å². The van der Waals surface area contributed by atoms with E-state index in [1.165, 1.54) is 36.4 Å². The van der Waals surface area contributed by atoms with E-state index in [-0.39, 0.29) is 11.5 Å². The Morgan fingerprint density at radius 2 is 1.12 bits per heavy atom. The van der Waals surface area contributed by atoms with Crippen LogP contribution in [-0.4, -0.2) is 40.9 Å². The number of hydroxylamine groups is 2. The molecule has 0 aliphatic carbocycles. The number of benzene rings is 3. The zero-order valence-corrected chi connectivity index (χ0v) is 26.9. The Morgan fingerprint density at radius 1 is 0.673 bits per heavy atom. The van der Waals surface area contributed by atoms with Crippen LogP contribution in [0.3, 0.4) is 0 Å². The Bertz CT molecular complexity index is 2120. The topological polar surface area (TPSA) is 99.6 Å². The molecule has 0 atom stereocenters. The molecule has 52 heavy (non-hydrogen) atoms. The van der Waals surface area contributed by atoms with E-state index in [9.17, 15) is 35.9 Å². The Hall–Kier alpha value is -6.78. The number of ether oxygens (including phenoxy) is 2. The van der Waals surface area contributed by atoms with E-state index >= 15 is 0 Å². The van der Waals surface area contributed by atoms with E-state index in [1.54, 1.807) is 24.3 Å². The van der Waals surface area contributed by atoms with Crippen molar-refractivity contribution in [2.45, 2.75) is 11.8 Å². The first-order valence-electron chi connectivity index (χ1n) is 14.5. The molecule has 2 heterocycles. The van der Waals surface area contributed by atoms with Gasteiger partial charge in [0.15, 0.2) is 11.4 Å². The molecule has 0 spiro atoms. The summed E-state index contributed by atoms with van der Waals surface area (Å²) in [7, 11) is 2.19. The maximum Gasteiger partial charge on any atom is 0.368 e. The summed E-state index contributed by atoms with van der Waals surface area (Å²) < 4.78 is 94.3. The summed E-state index contributed by atoms with van der Waals surface area (Å²) in [6.45, 7) is 13.7. The monoisotopic (exact) mass is 719 g/mol. The Labute approximate surface area is 292 Å². The van der Waals surface area contributed by atoms with Crippen molar-refractivity contribution in [3.05, 3.63) is 155 Å². The molecule has 0 unspecified atom stereocenters. The molecular weight excluding hydrogens is 696 g/mol. The van der Waals surface area contributed by atoms with Gasteiger partial charge in [0.2, 0.25) is 5.78 Å². The van der Waals surface area contributed by atoms with Crippen LogP contribution < -0.4 is 9.47 Å². The molecule has 0 saturated carbocycles. The van der Waals surface area contributed by atoms with Crippen molar-refractivity contribution >= 4 is 23.1 Å². The van der Waals surface area contributed by atoms with Gasteiger partial charge in [0.25, 0.3) is 0 Å². The predicted octanol–water partition coefficient (Wildman–Crippen LogP) is 9.21. The van der Waals surface area contributed by atoms with E-state index in [4.69, 9.17) is 22.6 Å². The zero-order valence-electron chi connectivity index (χ0n) is 26.9. The summed E-state index contributed by atoms with van der Waals surface area (Å²) in [5, 5.41) is 0.436. The molecule has 0 aliphatic rings. The maximum atomic E-state index is 14.4. The van der Waals surface area contributed by atoms with Gasteiger partial charge in [0, 0.05) is 13.1 Å². The number of carbonyl (C=O) groups excluding carboxylic acids is 2. The van der Waals surface area contributed by atoms with Crippen molar-refractivity contribution in [3.63, 3.8) is 0 Å². The molecule has 0 N–H and O–H groups in total. The predicted molar refractivity (Wildman–Crippen MR) is 172 cm³/mol. The highest BCUT2D eigenvalue weighted by atomic mass is 19.3. The molecule has 0 saturated heterocycles. The number of halogens is 6. The van der Waals surface area contributed by atoms with Gasteiger partial charge in [0.05, 0.1) is 38.2 Å². The molecule has 0 fully saturated rings. The fraction of sp³-hybridized carbons (Fsp3) is 0.111. The van der Waals surface area contributed by atoms with Gasteiger partial charge in [-0.1, -0.05) is 24.3 Å². The quantitative estimate of drug-likeness (QED) is 0.0614. The molecule has 16 heteroatoms. The van der Waals surface area contributed by atoms with Gasteiger partial charge in [0.1, 0.15) is 46.0 Å². The fourth-order valence-corrected chi connectivity index (χ4v) is 4.05. The van der Waals surface area contributed by atoms with E-state index < -0.39 is 52.1 Å². The fourth-order valence-electron chi connectivity index (χ4n) is 4.05. The van der Waals surface area contributed by atoms with Crippen molar-refractivity contribution in [1.82, 2.24) is 15.0 Å². The van der Waals surface area contributed by atoms with Crippen LogP contribution in [0.5, 0.6) is 23.0 Å². The smallest absolute Gasteiger partial charge is 0.368 e. The Morgan fingerprint density at radius 3 is 1.50 bits per heavy atom. The number of carbonyl (C=O) groups is 2. The van der Waals surface area contributed by atoms with Gasteiger partial charge in [-0.15, -0.1) is 0 Å². The number of nitrogens with zero attached hydrogens (tertiary/aromatic N) is 5. The average molecular weight is 720 g/mol. The lowest BCUT2D eigenvalue weighted by atomic mass is 10.0.